The smallest absolute Gasteiger partial charge is 0.254 e. The third-order valence-electron chi connectivity index (χ3n) is 5.24. The molecule has 8 nitrogen and oxygen atoms in total. The lowest BCUT2D eigenvalue weighted by Gasteiger charge is -2.35. The van der Waals surface area contributed by atoms with Crippen molar-refractivity contribution in [2.24, 2.45) is 0 Å². The molecule has 1 amide bonds. The van der Waals surface area contributed by atoms with Crippen LogP contribution in [0.25, 0.3) is 0 Å². The van der Waals surface area contributed by atoms with Crippen LogP contribution in [0.15, 0.2) is 47.8 Å². The summed E-state index contributed by atoms with van der Waals surface area (Å²) in [7, 11) is -3.44. The van der Waals surface area contributed by atoms with E-state index < -0.39 is 10.0 Å². The summed E-state index contributed by atoms with van der Waals surface area (Å²) in [5.74, 6) is 0.735. The third-order valence-corrected chi connectivity index (χ3v) is 7.12. The van der Waals surface area contributed by atoms with Crippen molar-refractivity contribution in [3.63, 3.8) is 0 Å². The number of sulfonamides is 1. The van der Waals surface area contributed by atoms with Crippen molar-refractivity contribution in [1.29, 1.82) is 0 Å². The zero-order valence-electron chi connectivity index (χ0n) is 15.6. The molecule has 0 bridgehead atoms. The Kier molecular flexibility index (Phi) is 5.27. The summed E-state index contributed by atoms with van der Waals surface area (Å²) in [5, 5.41) is 0. The molecule has 0 aromatic carbocycles. The maximum absolute atomic E-state index is 12.6. The number of hydrogen-bond donors (Lipinski definition) is 0. The second kappa shape index (κ2) is 7.84. The van der Waals surface area contributed by atoms with E-state index in [-0.39, 0.29) is 10.8 Å². The third kappa shape index (κ3) is 3.72. The maximum Gasteiger partial charge on any atom is 0.254 e. The van der Waals surface area contributed by atoms with Gasteiger partial charge in [-0.05, 0) is 37.1 Å². The summed E-state index contributed by atoms with van der Waals surface area (Å²) in [5.41, 5.74) is 0.637. The van der Waals surface area contributed by atoms with Gasteiger partial charge in [0, 0.05) is 63.4 Å². The lowest BCUT2D eigenvalue weighted by molar-refractivity contribution is 0.0746. The van der Waals surface area contributed by atoms with Crippen LogP contribution in [0.2, 0.25) is 0 Å². The molecule has 28 heavy (non-hydrogen) atoms. The van der Waals surface area contributed by atoms with Gasteiger partial charge in [0.05, 0.1) is 0 Å². The van der Waals surface area contributed by atoms with Crippen LogP contribution in [0, 0.1) is 0 Å². The van der Waals surface area contributed by atoms with Gasteiger partial charge in [0.25, 0.3) is 5.91 Å². The summed E-state index contributed by atoms with van der Waals surface area (Å²) in [6.07, 6.45) is 6.49. The van der Waals surface area contributed by atoms with E-state index >= 15 is 0 Å². The molecule has 2 fully saturated rings. The second-order valence-electron chi connectivity index (χ2n) is 6.98. The molecule has 4 heterocycles. The fourth-order valence-electron chi connectivity index (χ4n) is 3.61. The first-order chi connectivity index (χ1) is 13.6. The highest BCUT2D eigenvalue weighted by molar-refractivity contribution is 7.89. The van der Waals surface area contributed by atoms with Crippen molar-refractivity contribution in [1.82, 2.24) is 19.2 Å². The van der Waals surface area contributed by atoms with Gasteiger partial charge in [-0.2, -0.15) is 4.31 Å². The highest BCUT2D eigenvalue weighted by atomic mass is 32.2. The molecule has 2 aliphatic rings. The van der Waals surface area contributed by atoms with Crippen LogP contribution in [0.1, 0.15) is 23.2 Å². The van der Waals surface area contributed by atoms with Crippen molar-refractivity contribution in [2.75, 3.05) is 44.2 Å². The summed E-state index contributed by atoms with van der Waals surface area (Å²) in [6, 6.07) is 6.82. The lowest BCUT2D eigenvalue weighted by atomic mass is 10.2. The van der Waals surface area contributed by atoms with Crippen molar-refractivity contribution in [2.45, 2.75) is 17.7 Å². The lowest BCUT2D eigenvalue weighted by Crippen LogP contribution is -2.49. The molecule has 9 heteroatoms. The van der Waals surface area contributed by atoms with Gasteiger partial charge >= 0.3 is 0 Å². The van der Waals surface area contributed by atoms with Crippen molar-refractivity contribution < 1.29 is 13.2 Å². The second-order valence-corrected chi connectivity index (χ2v) is 8.92. The molecule has 0 aliphatic carbocycles. The Bertz CT molecular complexity index is 920. The number of carbonyl (C=O) groups is 1. The van der Waals surface area contributed by atoms with Gasteiger partial charge in [-0.15, -0.1) is 0 Å². The van der Waals surface area contributed by atoms with E-state index in [1.807, 2.05) is 4.90 Å². The average Bonchev–Trinajstić information content (AvgIpc) is 3.30. The van der Waals surface area contributed by atoms with Gasteiger partial charge < -0.3 is 9.80 Å². The molecule has 148 valence electrons. The monoisotopic (exact) mass is 401 g/mol. The molecule has 0 radical (unpaired) electrons. The maximum atomic E-state index is 12.6. The first-order valence-electron chi connectivity index (χ1n) is 9.46. The van der Waals surface area contributed by atoms with Crippen molar-refractivity contribution in [3.8, 4) is 0 Å². The summed E-state index contributed by atoms with van der Waals surface area (Å²) in [4.78, 5) is 25.0. The Morgan fingerprint density at radius 2 is 1.57 bits per heavy atom. The Balaban J connectivity index is 1.39. The number of nitrogens with zero attached hydrogens (tertiary/aromatic N) is 5. The quantitative estimate of drug-likeness (QED) is 0.766. The van der Waals surface area contributed by atoms with Crippen LogP contribution in [0.3, 0.4) is 0 Å². The Morgan fingerprint density at radius 1 is 0.893 bits per heavy atom. The Hall–Kier alpha value is -2.52. The SMILES string of the molecule is O=C(c1ccncc1)N1CCN(c2ccc(S(=O)(=O)N3CCCC3)cn2)CC1. The van der Waals surface area contributed by atoms with Crippen LogP contribution >= 0.6 is 0 Å². The van der Waals surface area contributed by atoms with Crippen LogP contribution in [-0.4, -0.2) is 72.8 Å². The number of anilines is 1. The molecule has 0 N–H and O–H groups in total. The van der Waals surface area contributed by atoms with E-state index in [9.17, 15) is 13.2 Å². The number of pyridine rings is 2. The number of aromatic nitrogens is 2. The van der Waals surface area contributed by atoms with E-state index in [0.717, 1.165) is 18.7 Å². The minimum atomic E-state index is -3.44. The van der Waals surface area contributed by atoms with E-state index in [1.54, 1.807) is 36.7 Å². The topological polar surface area (TPSA) is 86.7 Å². The van der Waals surface area contributed by atoms with Gasteiger partial charge in [0.1, 0.15) is 10.7 Å². The van der Waals surface area contributed by atoms with Gasteiger partial charge in [0.15, 0.2) is 0 Å². The fourth-order valence-corrected chi connectivity index (χ4v) is 5.07. The molecule has 0 spiro atoms. The summed E-state index contributed by atoms with van der Waals surface area (Å²) in [6.45, 7) is 3.66. The number of rotatable bonds is 4. The number of carbonyl (C=O) groups excluding carboxylic acids is 1. The van der Waals surface area contributed by atoms with E-state index in [0.29, 0.717) is 44.8 Å². The van der Waals surface area contributed by atoms with E-state index in [2.05, 4.69) is 14.9 Å². The van der Waals surface area contributed by atoms with Crippen molar-refractivity contribution >= 4 is 21.7 Å². The number of piperazine rings is 1. The number of hydrogen-bond acceptors (Lipinski definition) is 6. The molecule has 2 aromatic heterocycles. The van der Waals surface area contributed by atoms with Crippen LogP contribution < -0.4 is 4.90 Å². The molecule has 0 atom stereocenters. The van der Waals surface area contributed by atoms with Crippen molar-refractivity contribution in [3.05, 3.63) is 48.4 Å². The van der Waals surface area contributed by atoms with Crippen LogP contribution in [-0.2, 0) is 10.0 Å². The van der Waals surface area contributed by atoms with E-state index in [1.165, 1.54) is 10.5 Å². The van der Waals surface area contributed by atoms with E-state index in [4.69, 9.17) is 0 Å². The predicted molar refractivity (Wildman–Crippen MR) is 105 cm³/mol. The zero-order valence-corrected chi connectivity index (χ0v) is 16.4. The predicted octanol–water partition coefficient (Wildman–Crippen LogP) is 1.22. The summed E-state index contributed by atoms with van der Waals surface area (Å²) >= 11 is 0. The Labute approximate surface area is 164 Å². The molecule has 0 saturated carbocycles. The average molecular weight is 401 g/mol. The molecule has 2 aromatic rings. The highest BCUT2D eigenvalue weighted by Gasteiger charge is 2.28. The first-order valence-corrected chi connectivity index (χ1v) is 10.9. The highest BCUT2D eigenvalue weighted by Crippen LogP contribution is 2.22. The minimum Gasteiger partial charge on any atom is -0.353 e. The summed E-state index contributed by atoms with van der Waals surface area (Å²) < 4.78 is 26.7. The first kappa shape index (κ1) is 18.8. The van der Waals surface area contributed by atoms with Crippen LogP contribution in [0.4, 0.5) is 5.82 Å². The molecule has 4 rings (SSSR count). The normalized spacial score (nSPS) is 18.4. The molecular weight excluding hydrogens is 378 g/mol. The van der Waals surface area contributed by atoms with Gasteiger partial charge in [-0.25, -0.2) is 13.4 Å². The largest absolute Gasteiger partial charge is 0.353 e. The zero-order chi connectivity index (χ0) is 19.6. The molecule has 2 aliphatic heterocycles. The van der Waals surface area contributed by atoms with Crippen LogP contribution in [0.5, 0.6) is 0 Å². The Morgan fingerprint density at radius 3 is 2.18 bits per heavy atom. The fraction of sp³-hybridized carbons (Fsp3) is 0.421. The van der Waals surface area contributed by atoms with Gasteiger partial charge in [-0.3, -0.25) is 9.78 Å². The number of amides is 1. The molecular formula is C19H23N5O3S. The minimum absolute atomic E-state index is 0.00191. The molecule has 2 saturated heterocycles. The standard InChI is InChI=1S/C19H23N5O3S/c25-19(16-5-7-20-8-6-16)23-13-11-22(12-14-23)18-4-3-17(15-21-18)28(26,27)24-9-1-2-10-24/h3-8,15H,1-2,9-14H2. The van der Waals surface area contributed by atoms with Gasteiger partial charge in [0.2, 0.25) is 10.0 Å². The van der Waals surface area contributed by atoms with Gasteiger partial charge in [-0.1, -0.05) is 0 Å². The molecule has 0 unspecified atom stereocenters.